The number of carbonyl (C=O) groups excluding carboxylic acids is 1. The second-order valence-corrected chi connectivity index (χ2v) is 5.44. The van der Waals surface area contributed by atoms with Crippen LogP contribution in [0, 0.1) is 0 Å². The molecule has 0 aromatic carbocycles. The molecule has 3 rings (SSSR count). The van der Waals surface area contributed by atoms with E-state index in [2.05, 4.69) is 20.4 Å². The van der Waals surface area contributed by atoms with Gasteiger partial charge in [-0.3, -0.25) is 0 Å². The molecule has 128 valence electrons. The van der Waals surface area contributed by atoms with Crippen molar-refractivity contribution in [3.05, 3.63) is 36.7 Å². The summed E-state index contributed by atoms with van der Waals surface area (Å²) < 4.78 is 9.91. The van der Waals surface area contributed by atoms with Gasteiger partial charge in [0, 0.05) is 6.42 Å². The first-order chi connectivity index (χ1) is 11.7. The van der Waals surface area contributed by atoms with Crippen LogP contribution in [0.4, 0.5) is 4.79 Å². The van der Waals surface area contributed by atoms with Gasteiger partial charge in [0.05, 0.1) is 36.7 Å². The molecule has 0 aliphatic carbocycles. The molecule has 1 unspecified atom stereocenters. The van der Waals surface area contributed by atoms with E-state index in [1.54, 1.807) is 4.90 Å². The Bertz CT molecular complexity index is 632. The first-order valence-electron chi connectivity index (χ1n) is 7.73. The molecule has 1 atom stereocenters. The topological polar surface area (TPSA) is 106 Å². The van der Waals surface area contributed by atoms with Crippen LogP contribution in [0.5, 0.6) is 0 Å². The minimum absolute atomic E-state index is 0.121. The SMILES string of the molecule is CCC1=NOC(CNC(=O)N(Cc2cocn2)Cc2cocn2)C1. The molecule has 0 saturated heterocycles. The van der Waals surface area contributed by atoms with Gasteiger partial charge in [-0.15, -0.1) is 0 Å². The van der Waals surface area contributed by atoms with Crippen LogP contribution < -0.4 is 5.32 Å². The molecule has 9 heteroatoms. The Balaban J connectivity index is 1.56. The van der Waals surface area contributed by atoms with E-state index in [4.69, 9.17) is 13.7 Å². The second-order valence-electron chi connectivity index (χ2n) is 5.44. The summed E-state index contributed by atoms with van der Waals surface area (Å²) in [5, 5.41) is 6.85. The molecule has 0 bridgehead atoms. The van der Waals surface area contributed by atoms with Crippen molar-refractivity contribution in [1.82, 2.24) is 20.2 Å². The van der Waals surface area contributed by atoms with Crippen LogP contribution in [-0.2, 0) is 17.9 Å². The Kier molecular flexibility index (Phi) is 5.09. The first kappa shape index (κ1) is 16.0. The third kappa shape index (κ3) is 4.12. The highest BCUT2D eigenvalue weighted by Crippen LogP contribution is 2.12. The van der Waals surface area contributed by atoms with Gasteiger partial charge in [0.15, 0.2) is 12.8 Å². The van der Waals surface area contributed by atoms with Crippen molar-refractivity contribution < 1.29 is 18.5 Å². The summed E-state index contributed by atoms with van der Waals surface area (Å²) in [7, 11) is 0. The summed E-state index contributed by atoms with van der Waals surface area (Å²) in [6, 6.07) is -0.241. The number of urea groups is 1. The van der Waals surface area contributed by atoms with Gasteiger partial charge in [-0.1, -0.05) is 12.1 Å². The van der Waals surface area contributed by atoms with E-state index in [0.29, 0.717) is 31.0 Å². The smallest absolute Gasteiger partial charge is 0.318 e. The van der Waals surface area contributed by atoms with Crippen LogP contribution in [0.3, 0.4) is 0 Å². The summed E-state index contributed by atoms with van der Waals surface area (Å²) in [5.74, 6) is 0. The molecule has 3 heterocycles. The molecular formula is C15H19N5O4. The standard InChI is InChI=1S/C15H19N5O4/c1-2-11-3-14(24-19-11)4-16-15(21)20(5-12-7-22-9-17-12)6-13-8-23-10-18-13/h7-10,14H,2-6H2,1H3,(H,16,21). The number of carbonyl (C=O) groups is 1. The highest BCUT2D eigenvalue weighted by atomic mass is 16.6. The van der Waals surface area contributed by atoms with Crippen molar-refractivity contribution in [2.24, 2.45) is 5.16 Å². The summed E-state index contributed by atoms with van der Waals surface area (Å²) in [6.07, 6.45) is 7.15. The molecule has 9 nitrogen and oxygen atoms in total. The summed E-state index contributed by atoms with van der Waals surface area (Å²) in [5.41, 5.74) is 2.32. The minimum atomic E-state index is -0.241. The third-order valence-corrected chi connectivity index (χ3v) is 3.64. The van der Waals surface area contributed by atoms with Crippen molar-refractivity contribution in [2.75, 3.05) is 6.54 Å². The summed E-state index contributed by atoms with van der Waals surface area (Å²) in [4.78, 5) is 27.5. The average molecular weight is 333 g/mol. The van der Waals surface area contributed by atoms with E-state index in [1.807, 2.05) is 6.92 Å². The quantitative estimate of drug-likeness (QED) is 0.830. The number of oxime groups is 1. The Morgan fingerprint density at radius 2 is 1.92 bits per heavy atom. The molecule has 2 amide bonds. The lowest BCUT2D eigenvalue weighted by atomic mass is 10.1. The van der Waals surface area contributed by atoms with Gasteiger partial charge >= 0.3 is 6.03 Å². The number of nitrogens with zero attached hydrogens (tertiary/aromatic N) is 4. The molecule has 0 fully saturated rings. The average Bonchev–Trinajstić information content (AvgIpc) is 3.34. The van der Waals surface area contributed by atoms with Crippen molar-refractivity contribution in [3.8, 4) is 0 Å². The molecule has 24 heavy (non-hydrogen) atoms. The summed E-state index contributed by atoms with van der Waals surface area (Å²) >= 11 is 0. The number of hydrogen-bond donors (Lipinski definition) is 1. The molecule has 1 aliphatic rings. The highest BCUT2D eigenvalue weighted by Gasteiger charge is 2.22. The molecule has 2 aromatic heterocycles. The maximum Gasteiger partial charge on any atom is 0.318 e. The lowest BCUT2D eigenvalue weighted by Gasteiger charge is -2.21. The number of amides is 2. The molecule has 0 saturated carbocycles. The fourth-order valence-electron chi connectivity index (χ4n) is 2.34. The first-order valence-corrected chi connectivity index (χ1v) is 7.73. The largest absolute Gasteiger partial charge is 0.451 e. The molecule has 2 aromatic rings. The third-order valence-electron chi connectivity index (χ3n) is 3.64. The van der Waals surface area contributed by atoms with E-state index >= 15 is 0 Å². The fourth-order valence-corrected chi connectivity index (χ4v) is 2.34. The Labute approximate surface area is 138 Å². The van der Waals surface area contributed by atoms with E-state index in [-0.39, 0.29) is 12.1 Å². The van der Waals surface area contributed by atoms with Crippen LogP contribution in [0.25, 0.3) is 0 Å². The lowest BCUT2D eigenvalue weighted by Crippen LogP contribution is -2.42. The number of nitrogens with one attached hydrogen (secondary N) is 1. The second kappa shape index (κ2) is 7.62. The van der Waals surface area contributed by atoms with E-state index < -0.39 is 0 Å². The highest BCUT2D eigenvalue weighted by molar-refractivity contribution is 5.85. The van der Waals surface area contributed by atoms with Crippen molar-refractivity contribution >= 4 is 11.7 Å². The zero-order chi connectivity index (χ0) is 16.8. The van der Waals surface area contributed by atoms with Crippen molar-refractivity contribution in [1.29, 1.82) is 0 Å². The van der Waals surface area contributed by atoms with Crippen molar-refractivity contribution in [2.45, 2.75) is 39.0 Å². The number of aromatic nitrogens is 2. The van der Waals surface area contributed by atoms with Crippen LogP contribution in [0.1, 0.15) is 31.2 Å². The monoisotopic (exact) mass is 333 g/mol. The minimum Gasteiger partial charge on any atom is -0.451 e. The molecule has 1 N–H and O–H groups in total. The predicted octanol–water partition coefficient (Wildman–Crippen LogP) is 1.93. The van der Waals surface area contributed by atoms with Crippen LogP contribution >= 0.6 is 0 Å². The lowest BCUT2D eigenvalue weighted by molar-refractivity contribution is 0.0844. The fraction of sp³-hybridized carbons (Fsp3) is 0.467. The molecular weight excluding hydrogens is 314 g/mol. The number of hydrogen-bond acceptors (Lipinski definition) is 7. The number of rotatable bonds is 7. The van der Waals surface area contributed by atoms with E-state index in [0.717, 1.165) is 18.6 Å². The van der Waals surface area contributed by atoms with E-state index in [9.17, 15) is 4.79 Å². The van der Waals surface area contributed by atoms with Gasteiger partial charge in [-0.2, -0.15) is 0 Å². The normalized spacial score (nSPS) is 16.5. The maximum absolute atomic E-state index is 12.5. The molecule has 0 spiro atoms. The Morgan fingerprint density at radius 3 is 2.42 bits per heavy atom. The van der Waals surface area contributed by atoms with Gasteiger partial charge in [-0.25, -0.2) is 14.8 Å². The Morgan fingerprint density at radius 1 is 1.25 bits per heavy atom. The zero-order valence-electron chi connectivity index (χ0n) is 13.3. The van der Waals surface area contributed by atoms with E-state index in [1.165, 1.54) is 25.3 Å². The van der Waals surface area contributed by atoms with Gasteiger partial charge in [-0.05, 0) is 6.42 Å². The van der Waals surface area contributed by atoms with Gasteiger partial charge in [0.25, 0.3) is 0 Å². The van der Waals surface area contributed by atoms with Crippen LogP contribution in [0.15, 0.2) is 39.3 Å². The number of oxazole rings is 2. The Hall–Kier alpha value is -2.84. The molecule has 0 radical (unpaired) electrons. The van der Waals surface area contributed by atoms with Gasteiger partial charge < -0.3 is 23.9 Å². The van der Waals surface area contributed by atoms with Gasteiger partial charge in [0.1, 0.15) is 18.6 Å². The van der Waals surface area contributed by atoms with Crippen molar-refractivity contribution in [3.63, 3.8) is 0 Å². The predicted molar refractivity (Wildman–Crippen MR) is 82.9 cm³/mol. The van der Waals surface area contributed by atoms with Gasteiger partial charge in [0.2, 0.25) is 0 Å². The van der Waals surface area contributed by atoms with Crippen LogP contribution in [0.2, 0.25) is 0 Å². The van der Waals surface area contributed by atoms with Crippen LogP contribution in [-0.4, -0.2) is 39.3 Å². The maximum atomic E-state index is 12.5. The summed E-state index contributed by atoms with van der Waals surface area (Å²) in [6.45, 7) is 3.02. The molecule has 1 aliphatic heterocycles. The zero-order valence-corrected chi connectivity index (χ0v) is 13.3.